The van der Waals surface area contributed by atoms with Crippen molar-refractivity contribution in [3.63, 3.8) is 0 Å². The third kappa shape index (κ3) is 3.03. The van der Waals surface area contributed by atoms with Crippen molar-refractivity contribution in [2.24, 2.45) is 0 Å². The first-order chi connectivity index (χ1) is 8.89. The number of hydrogen-bond acceptors (Lipinski definition) is 2. The first-order valence-corrected chi connectivity index (χ1v) is 6.84. The average molecular weight is 259 g/mol. The molecule has 3 nitrogen and oxygen atoms in total. The van der Waals surface area contributed by atoms with Crippen LogP contribution in [0, 0.1) is 0 Å². The first-order valence-electron chi connectivity index (χ1n) is 6.84. The Balaban J connectivity index is 2.13. The van der Waals surface area contributed by atoms with E-state index in [1.165, 1.54) is 0 Å². The second kappa shape index (κ2) is 5.16. The van der Waals surface area contributed by atoms with Crippen molar-refractivity contribution in [3.8, 4) is 0 Å². The molecule has 0 saturated carbocycles. The fourth-order valence-corrected chi connectivity index (χ4v) is 2.31. The van der Waals surface area contributed by atoms with Crippen LogP contribution < -0.4 is 0 Å². The van der Waals surface area contributed by atoms with E-state index in [1.54, 1.807) is 17.0 Å². The molecular weight excluding hydrogens is 238 g/mol. The van der Waals surface area contributed by atoms with Gasteiger partial charge in [0, 0.05) is 18.7 Å². The lowest BCUT2D eigenvalue weighted by Crippen LogP contribution is -2.34. The molecule has 0 radical (unpaired) electrons. The summed E-state index contributed by atoms with van der Waals surface area (Å²) in [4.78, 5) is 25.8. The molecule has 1 aliphatic heterocycles. The smallest absolute Gasteiger partial charge is 0.294 e. The van der Waals surface area contributed by atoms with E-state index in [0.29, 0.717) is 18.7 Å². The van der Waals surface area contributed by atoms with E-state index in [1.807, 2.05) is 12.1 Å². The van der Waals surface area contributed by atoms with E-state index >= 15 is 0 Å². The van der Waals surface area contributed by atoms with E-state index in [4.69, 9.17) is 0 Å². The fourth-order valence-electron chi connectivity index (χ4n) is 2.31. The lowest BCUT2D eigenvalue weighted by Gasteiger charge is -2.19. The predicted molar refractivity (Wildman–Crippen MR) is 75.3 cm³/mol. The molecule has 1 saturated heterocycles. The number of nitrogens with zero attached hydrogens (tertiary/aromatic N) is 1. The molecular formula is C16H21NO2. The standard InChI is InChI=1S/C16H21NO2/c1-16(2,3)13-8-6-12(7-9-13)14(18)15(19)17-10-4-5-11-17/h6-9H,4-5,10-11H2,1-3H3. The maximum absolute atomic E-state index is 12.1. The van der Waals surface area contributed by atoms with Gasteiger partial charge in [-0.2, -0.15) is 0 Å². The topological polar surface area (TPSA) is 37.4 Å². The molecule has 0 aromatic heterocycles. The number of amides is 1. The average Bonchev–Trinajstić information content (AvgIpc) is 2.90. The molecule has 0 aliphatic carbocycles. The van der Waals surface area contributed by atoms with Gasteiger partial charge in [0.25, 0.3) is 5.91 Å². The van der Waals surface area contributed by atoms with Crippen molar-refractivity contribution in [3.05, 3.63) is 35.4 Å². The maximum atomic E-state index is 12.1. The van der Waals surface area contributed by atoms with Gasteiger partial charge in [0.1, 0.15) is 0 Å². The summed E-state index contributed by atoms with van der Waals surface area (Å²) in [6.07, 6.45) is 2.00. The van der Waals surface area contributed by atoms with Crippen LogP contribution in [-0.4, -0.2) is 29.7 Å². The van der Waals surface area contributed by atoms with Gasteiger partial charge in [0.15, 0.2) is 0 Å². The highest BCUT2D eigenvalue weighted by Gasteiger charge is 2.25. The Morgan fingerprint density at radius 1 is 1.00 bits per heavy atom. The van der Waals surface area contributed by atoms with Crippen molar-refractivity contribution in [2.75, 3.05) is 13.1 Å². The molecule has 2 rings (SSSR count). The summed E-state index contributed by atoms with van der Waals surface area (Å²) in [5.74, 6) is -0.747. The van der Waals surface area contributed by atoms with E-state index in [9.17, 15) is 9.59 Å². The van der Waals surface area contributed by atoms with Gasteiger partial charge in [-0.1, -0.05) is 45.0 Å². The van der Waals surface area contributed by atoms with Gasteiger partial charge in [-0.3, -0.25) is 9.59 Å². The number of carbonyl (C=O) groups is 2. The molecule has 1 aromatic carbocycles. The third-order valence-electron chi connectivity index (χ3n) is 3.60. The molecule has 1 heterocycles. The zero-order valence-corrected chi connectivity index (χ0v) is 11.9. The fraction of sp³-hybridized carbons (Fsp3) is 0.500. The summed E-state index contributed by atoms with van der Waals surface area (Å²) < 4.78 is 0. The zero-order valence-electron chi connectivity index (χ0n) is 11.9. The molecule has 0 spiro atoms. The number of benzene rings is 1. The second-order valence-corrected chi connectivity index (χ2v) is 6.16. The summed E-state index contributed by atoms with van der Waals surface area (Å²) in [5, 5.41) is 0. The van der Waals surface area contributed by atoms with Gasteiger partial charge in [0.2, 0.25) is 5.78 Å². The summed E-state index contributed by atoms with van der Waals surface area (Å²) in [6, 6.07) is 7.39. The van der Waals surface area contributed by atoms with Crippen LogP contribution in [-0.2, 0) is 10.2 Å². The highest BCUT2D eigenvalue weighted by Crippen LogP contribution is 2.22. The van der Waals surface area contributed by atoms with Crippen molar-refractivity contribution >= 4 is 11.7 Å². The Bertz CT molecular complexity index is 476. The summed E-state index contributed by atoms with van der Waals surface area (Å²) in [6.45, 7) is 7.80. The minimum Gasteiger partial charge on any atom is -0.336 e. The molecule has 1 aromatic rings. The molecule has 102 valence electrons. The van der Waals surface area contributed by atoms with E-state index in [0.717, 1.165) is 18.4 Å². The molecule has 0 atom stereocenters. The zero-order chi connectivity index (χ0) is 14.0. The van der Waals surface area contributed by atoms with Crippen LogP contribution in [0.4, 0.5) is 0 Å². The molecule has 1 fully saturated rings. The largest absolute Gasteiger partial charge is 0.336 e. The molecule has 3 heteroatoms. The van der Waals surface area contributed by atoms with Gasteiger partial charge in [0.05, 0.1) is 0 Å². The Hall–Kier alpha value is -1.64. The van der Waals surface area contributed by atoms with E-state index in [-0.39, 0.29) is 17.1 Å². The molecule has 0 bridgehead atoms. The third-order valence-corrected chi connectivity index (χ3v) is 3.60. The normalized spacial score (nSPS) is 15.6. The Morgan fingerprint density at radius 2 is 1.53 bits per heavy atom. The summed E-state index contributed by atoms with van der Waals surface area (Å²) >= 11 is 0. The minimum absolute atomic E-state index is 0.0561. The van der Waals surface area contributed by atoms with E-state index in [2.05, 4.69) is 20.8 Å². The monoisotopic (exact) mass is 259 g/mol. The van der Waals surface area contributed by atoms with Crippen molar-refractivity contribution in [1.29, 1.82) is 0 Å². The molecule has 0 N–H and O–H groups in total. The number of likely N-dealkylation sites (tertiary alicyclic amines) is 1. The summed E-state index contributed by atoms with van der Waals surface area (Å²) in [5.41, 5.74) is 1.71. The Kier molecular flexibility index (Phi) is 3.74. The number of ketones is 1. The van der Waals surface area contributed by atoms with Crippen molar-refractivity contribution in [2.45, 2.75) is 39.0 Å². The number of Topliss-reactive ketones (excluding diaryl/α,β-unsaturated/α-hetero) is 1. The highest BCUT2D eigenvalue weighted by atomic mass is 16.2. The summed E-state index contributed by atoms with van der Waals surface area (Å²) in [7, 11) is 0. The highest BCUT2D eigenvalue weighted by molar-refractivity contribution is 6.42. The first kappa shape index (κ1) is 13.8. The molecule has 1 aliphatic rings. The number of hydrogen-bond donors (Lipinski definition) is 0. The maximum Gasteiger partial charge on any atom is 0.294 e. The minimum atomic E-state index is -0.387. The van der Waals surface area contributed by atoms with Crippen LogP contribution in [0.15, 0.2) is 24.3 Å². The van der Waals surface area contributed by atoms with Crippen LogP contribution in [0.3, 0.4) is 0 Å². The van der Waals surface area contributed by atoms with Gasteiger partial charge in [-0.05, 0) is 23.8 Å². The van der Waals surface area contributed by atoms with Crippen LogP contribution >= 0.6 is 0 Å². The van der Waals surface area contributed by atoms with Crippen LogP contribution in [0.25, 0.3) is 0 Å². The van der Waals surface area contributed by atoms with Gasteiger partial charge in [-0.25, -0.2) is 0 Å². The lowest BCUT2D eigenvalue weighted by atomic mass is 9.86. The molecule has 1 amide bonds. The Morgan fingerprint density at radius 3 is 2.00 bits per heavy atom. The Labute approximate surface area is 114 Å². The lowest BCUT2D eigenvalue weighted by molar-refractivity contribution is -0.125. The van der Waals surface area contributed by atoms with Crippen molar-refractivity contribution in [1.82, 2.24) is 4.90 Å². The van der Waals surface area contributed by atoms with E-state index < -0.39 is 0 Å². The van der Waals surface area contributed by atoms with Crippen LogP contribution in [0.2, 0.25) is 0 Å². The van der Waals surface area contributed by atoms with Crippen LogP contribution in [0.1, 0.15) is 49.5 Å². The number of carbonyl (C=O) groups excluding carboxylic acids is 2. The molecule has 0 unspecified atom stereocenters. The van der Waals surface area contributed by atoms with Crippen LogP contribution in [0.5, 0.6) is 0 Å². The SMILES string of the molecule is CC(C)(C)c1ccc(C(=O)C(=O)N2CCCC2)cc1. The van der Waals surface area contributed by atoms with Gasteiger partial charge < -0.3 is 4.90 Å². The number of rotatable bonds is 2. The second-order valence-electron chi connectivity index (χ2n) is 6.16. The predicted octanol–water partition coefficient (Wildman–Crippen LogP) is 2.79. The molecule has 19 heavy (non-hydrogen) atoms. The van der Waals surface area contributed by atoms with Crippen molar-refractivity contribution < 1.29 is 9.59 Å². The quantitative estimate of drug-likeness (QED) is 0.605. The van der Waals surface area contributed by atoms with Gasteiger partial charge in [-0.15, -0.1) is 0 Å². The van der Waals surface area contributed by atoms with Gasteiger partial charge >= 0.3 is 0 Å².